The first-order valence-corrected chi connectivity index (χ1v) is 6.26. The molecule has 0 aliphatic heterocycles. The van der Waals surface area contributed by atoms with Crippen LogP contribution in [0.15, 0.2) is 55.1 Å². The third kappa shape index (κ3) is 3.50. The first kappa shape index (κ1) is 14.1. The highest BCUT2D eigenvalue weighted by molar-refractivity contribution is 5.73. The summed E-state index contributed by atoms with van der Waals surface area (Å²) in [4.78, 5) is 0. The van der Waals surface area contributed by atoms with Crippen molar-refractivity contribution in [2.24, 2.45) is 0 Å². The molecule has 0 nitrogen and oxygen atoms in total. The highest BCUT2D eigenvalue weighted by atomic mass is 14.1. The second kappa shape index (κ2) is 7.35. The second-order valence-electron chi connectivity index (χ2n) is 4.14. The molecule has 0 saturated heterocycles. The van der Waals surface area contributed by atoms with Crippen LogP contribution in [0.2, 0.25) is 0 Å². The third-order valence-corrected chi connectivity index (χ3v) is 2.95. The molecule has 1 rings (SSSR count). The maximum absolute atomic E-state index is 5.59. The van der Waals surface area contributed by atoms with Gasteiger partial charge in [-0.05, 0) is 36.0 Å². The second-order valence-corrected chi connectivity index (χ2v) is 4.14. The van der Waals surface area contributed by atoms with Gasteiger partial charge in [0.15, 0.2) is 0 Å². The van der Waals surface area contributed by atoms with Crippen LogP contribution in [0.4, 0.5) is 0 Å². The minimum Gasteiger partial charge on any atom is -0.115 e. The van der Waals surface area contributed by atoms with Crippen molar-refractivity contribution in [3.63, 3.8) is 0 Å². The maximum atomic E-state index is 5.59. The standard InChI is InChI=1S/C18H20/c1-5-9-16(8-4)18(10-6-2)17-13-11-15(7-3)12-14-17/h4-6,11-14H,1-2,7,9-10H2,3H3. The van der Waals surface area contributed by atoms with Gasteiger partial charge in [0, 0.05) is 5.57 Å². The van der Waals surface area contributed by atoms with Gasteiger partial charge >= 0.3 is 0 Å². The summed E-state index contributed by atoms with van der Waals surface area (Å²) >= 11 is 0. The molecule has 0 fully saturated rings. The average molecular weight is 236 g/mol. The summed E-state index contributed by atoms with van der Waals surface area (Å²) < 4.78 is 0. The van der Waals surface area contributed by atoms with Crippen molar-refractivity contribution >= 4 is 5.57 Å². The molecule has 0 heterocycles. The van der Waals surface area contributed by atoms with Crippen LogP contribution in [0.25, 0.3) is 5.57 Å². The largest absolute Gasteiger partial charge is 0.115 e. The first-order chi connectivity index (χ1) is 8.76. The minimum absolute atomic E-state index is 0.731. The smallest absolute Gasteiger partial charge is 0.00962 e. The first-order valence-electron chi connectivity index (χ1n) is 6.26. The summed E-state index contributed by atoms with van der Waals surface area (Å²) in [5.41, 5.74) is 4.69. The predicted molar refractivity (Wildman–Crippen MR) is 81.2 cm³/mol. The summed E-state index contributed by atoms with van der Waals surface area (Å²) in [6.07, 6.45) is 11.9. The maximum Gasteiger partial charge on any atom is 0.00962 e. The van der Waals surface area contributed by atoms with E-state index in [9.17, 15) is 0 Å². The molecule has 0 amide bonds. The summed E-state index contributed by atoms with van der Waals surface area (Å²) in [6, 6.07) is 8.58. The fourth-order valence-electron chi connectivity index (χ4n) is 1.91. The van der Waals surface area contributed by atoms with Crippen molar-refractivity contribution in [2.75, 3.05) is 0 Å². The van der Waals surface area contributed by atoms with E-state index in [0.29, 0.717) is 0 Å². The van der Waals surface area contributed by atoms with Gasteiger partial charge in [-0.25, -0.2) is 0 Å². The van der Waals surface area contributed by atoms with Crippen LogP contribution in [-0.4, -0.2) is 0 Å². The lowest BCUT2D eigenvalue weighted by molar-refractivity contribution is 1.14. The van der Waals surface area contributed by atoms with Crippen LogP contribution in [0.5, 0.6) is 0 Å². The number of aryl methyl sites for hydroxylation is 1. The number of terminal acetylenes is 1. The van der Waals surface area contributed by atoms with Gasteiger partial charge in [0.2, 0.25) is 0 Å². The van der Waals surface area contributed by atoms with Gasteiger partial charge in [0.1, 0.15) is 0 Å². The van der Waals surface area contributed by atoms with E-state index in [4.69, 9.17) is 6.42 Å². The topological polar surface area (TPSA) is 0 Å². The van der Waals surface area contributed by atoms with Crippen LogP contribution in [0.1, 0.15) is 30.9 Å². The summed E-state index contributed by atoms with van der Waals surface area (Å²) in [6.45, 7) is 9.72. The van der Waals surface area contributed by atoms with Gasteiger partial charge < -0.3 is 0 Å². The molecule has 0 bridgehead atoms. The highest BCUT2D eigenvalue weighted by Gasteiger charge is 2.05. The van der Waals surface area contributed by atoms with Gasteiger partial charge in [0.05, 0.1) is 0 Å². The van der Waals surface area contributed by atoms with Gasteiger partial charge in [-0.1, -0.05) is 49.3 Å². The van der Waals surface area contributed by atoms with E-state index >= 15 is 0 Å². The van der Waals surface area contributed by atoms with Gasteiger partial charge in [0.25, 0.3) is 0 Å². The van der Waals surface area contributed by atoms with Crippen LogP contribution in [-0.2, 0) is 6.42 Å². The fourth-order valence-corrected chi connectivity index (χ4v) is 1.91. The van der Waals surface area contributed by atoms with Crippen LogP contribution >= 0.6 is 0 Å². The lowest BCUT2D eigenvalue weighted by atomic mass is 9.94. The molecular weight excluding hydrogens is 216 g/mol. The Kier molecular flexibility index (Phi) is 5.74. The summed E-state index contributed by atoms with van der Waals surface area (Å²) in [5, 5.41) is 0. The van der Waals surface area contributed by atoms with Crippen molar-refractivity contribution in [1.82, 2.24) is 0 Å². The molecule has 0 aromatic heterocycles. The predicted octanol–water partition coefficient (Wildman–Crippen LogP) is 4.79. The Morgan fingerprint density at radius 3 is 2.22 bits per heavy atom. The highest BCUT2D eigenvalue weighted by Crippen LogP contribution is 2.25. The lowest BCUT2D eigenvalue weighted by Gasteiger charge is -2.10. The molecule has 1 aromatic rings. The zero-order valence-electron chi connectivity index (χ0n) is 11.1. The molecule has 0 saturated carbocycles. The molecule has 0 aliphatic carbocycles. The lowest BCUT2D eigenvalue weighted by Crippen LogP contribution is -1.91. The normalized spacial score (nSPS) is 11.3. The zero-order chi connectivity index (χ0) is 13.4. The Balaban J connectivity index is 3.21. The molecule has 0 N–H and O–H groups in total. The van der Waals surface area contributed by atoms with E-state index in [1.165, 1.54) is 16.7 Å². The molecule has 0 unspecified atom stereocenters. The quantitative estimate of drug-likeness (QED) is 0.492. The van der Waals surface area contributed by atoms with Crippen molar-refractivity contribution in [3.05, 3.63) is 66.3 Å². The molecule has 0 atom stereocenters. The molecule has 0 spiro atoms. The molecule has 1 aromatic carbocycles. The molecule has 18 heavy (non-hydrogen) atoms. The average Bonchev–Trinajstić information content (AvgIpc) is 2.43. The SMILES string of the molecule is C#CC(CC=C)=C(CC=C)c1ccc(CC)cc1. The Labute approximate surface area is 111 Å². The number of hydrogen-bond donors (Lipinski definition) is 0. The fraction of sp³-hybridized carbons (Fsp3) is 0.222. The van der Waals surface area contributed by atoms with Crippen LogP contribution in [0, 0.1) is 12.3 Å². The van der Waals surface area contributed by atoms with E-state index < -0.39 is 0 Å². The van der Waals surface area contributed by atoms with Crippen LogP contribution in [0.3, 0.4) is 0 Å². The Bertz CT molecular complexity index is 478. The Morgan fingerprint density at radius 1 is 1.17 bits per heavy atom. The van der Waals surface area contributed by atoms with Gasteiger partial charge in [-0.15, -0.1) is 19.6 Å². The summed E-state index contributed by atoms with van der Waals surface area (Å²) in [5.74, 6) is 2.78. The Morgan fingerprint density at radius 2 is 1.78 bits per heavy atom. The van der Waals surface area contributed by atoms with E-state index in [2.05, 4.69) is 50.3 Å². The monoisotopic (exact) mass is 236 g/mol. The van der Waals surface area contributed by atoms with Crippen LogP contribution < -0.4 is 0 Å². The van der Waals surface area contributed by atoms with Crippen molar-refractivity contribution < 1.29 is 0 Å². The zero-order valence-corrected chi connectivity index (χ0v) is 11.1. The molecule has 0 heteroatoms. The van der Waals surface area contributed by atoms with E-state index in [-0.39, 0.29) is 0 Å². The molecule has 0 aliphatic rings. The van der Waals surface area contributed by atoms with Crippen molar-refractivity contribution in [2.45, 2.75) is 26.2 Å². The number of allylic oxidation sites excluding steroid dienone is 4. The number of benzene rings is 1. The third-order valence-electron chi connectivity index (χ3n) is 2.95. The number of hydrogen-bond acceptors (Lipinski definition) is 0. The minimum atomic E-state index is 0.731. The van der Waals surface area contributed by atoms with E-state index in [1.807, 2.05) is 12.2 Å². The Hall–Kier alpha value is -2.00. The number of rotatable bonds is 6. The van der Waals surface area contributed by atoms with Crippen molar-refractivity contribution in [1.29, 1.82) is 0 Å². The van der Waals surface area contributed by atoms with E-state index in [1.54, 1.807) is 0 Å². The molecular formula is C18H20. The molecule has 92 valence electrons. The van der Waals surface area contributed by atoms with E-state index in [0.717, 1.165) is 24.8 Å². The molecule has 0 radical (unpaired) electrons. The van der Waals surface area contributed by atoms with Gasteiger partial charge in [-0.3, -0.25) is 0 Å². The van der Waals surface area contributed by atoms with Gasteiger partial charge in [-0.2, -0.15) is 0 Å². The van der Waals surface area contributed by atoms with Crippen molar-refractivity contribution in [3.8, 4) is 12.3 Å². The summed E-state index contributed by atoms with van der Waals surface area (Å²) in [7, 11) is 0.